The number of nitrogens with zero attached hydrogens (tertiary/aromatic N) is 4. The summed E-state index contributed by atoms with van der Waals surface area (Å²) in [5.41, 5.74) is 29.4. The van der Waals surface area contributed by atoms with E-state index in [-0.39, 0.29) is 0 Å². The van der Waals surface area contributed by atoms with Gasteiger partial charge in [0.15, 0.2) is 0 Å². The second kappa shape index (κ2) is 35.7. The van der Waals surface area contributed by atoms with E-state index in [0.717, 1.165) is 34.2 Å². The monoisotopic (exact) mass is 1550 g/mol. The first-order valence-electron chi connectivity index (χ1n) is 39.5. The molecule has 0 saturated heterocycles. The lowest BCUT2D eigenvalue weighted by Crippen LogP contribution is -1.93. The van der Waals surface area contributed by atoms with E-state index in [1.807, 2.05) is 72.0 Å². The molecule has 14 aromatic carbocycles. The molecule has 20 aromatic rings. The van der Waals surface area contributed by atoms with Crippen molar-refractivity contribution in [2.45, 2.75) is 90.0 Å². The molecule has 0 amide bonds. The maximum atomic E-state index is 5.76. The molecule has 0 bridgehead atoms. The molecule has 6 heterocycles. The number of rotatable bonds is 5. The average Bonchev–Trinajstić information content (AvgIpc) is 1.65. The van der Waals surface area contributed by atoms with Crippen LogP contribution in [0.2, 0.25) is 0 Å². The third kappa shape index (κ3) is 18.2. The van der Waals surface area contributed by atoms with Crippen molar-refractivity contribution in [1.29, 1.82) is 0 Å². The lowest BCUT2D eigenvalue weighted by Gasteiger charge is -2.08. The van der Waals surface area contributed by atoms with Crippen molar-refractivity contribution in [2.75, 3.05) is 28.4 Å². The topological polar surface area (TPSA) is 69.8 Å². The maximum Gasteiger partial charge on any atom is 0.135 e. The van der Waals surface area contributed by atoms with Crippen molar-refractivity contribution < 1.29 is 23.4 Å². The van der Waals surface area contributed by atoms with Crippen LogP contribution in [-0.2, 0) is 21.1 Å². The van der Waals surface area contributed by atoms with Gasteiger partial charge in [0.2, 0.25) is 0 Å². The van der Waals surface area contributed by atoms with Gasteiger partial charge in [0.1, 0.15) is 34.2 Å². The highest BCUT2D eigenvalue weighted by atomic mass is 32.1. The summed E-state index contributed by atoms with van der Waals surface area (Å²) in [7, 11) is 12.9. The predicted molar refractivity (Wildman–Crippen MR) is 498 cm³/mol. The Balaban J connectivity index is 0.000000117. The Morgan fingerprint density at radius 2 is 0.517 bits per heavy atom. The zero-order valence-corrected chi connectivity index (χ0v) is 71.6. The number of benzene rings is 14. The standard InChI is InChI=1S/C21H19N.2C15H15N.C14H12O.C14H12S.C11H13N.2C8H10O2/c1-14-4-8-17(9-5-14)22-20-10-6-15(2)12-18(20)19-13-16(3)7-11-21(19)22;2*1-10-4-6-14-12(8-10)13-9-11(2)5-7-15(13)16(14)3;2*1-9-3-5-13-11(7-9)12-8-10(2)4-6-14(12)15-13;1-8-4-5-11-10(6-8)9(2)7-12(11)3;1-9-7-3-5-8(10-2)6-4-7;1-9-7-4-3-5-8(6-7)10-2/h4-13H,1-3H3;2*4-9H,1-3H3;2*3-8H,1-2H3;4-7H,1-3H3;2*3-6H,1-2H3. The normalized spacial score (nSPS) is 10.9. The Morgan fingerprint density at radius 1 is 0.241 bits per heavy atom. The van der Waals surface area contributed by atoms with Gasteiger partial charge in [0.05, 0.1) is 39.5 Å². The molecule has 0 radical (unpaired) electrons. The minimum atomic E-state index is 0.819. The Bertz CT molecular complexity index is 6320. The Labute approximate surface area is 686 Å². The third-order valence-electron chi connectivity index (χ3n) is 21.5. The van der Waals surface area contributed by atoms with E-state index in [9.17, 15) is 0 Å². The van der Waals surface area contributed by atoms with Crippen LogP contribution in [0.1, 0.15) is 72.3 Å². The van der Waals surface area contributed by atoms with Crippen LogP contribution in [0.3, 0.4) is 0 Å². The first-order valence-corrected chi connectivity index (χ1v) is 40.3. The van der Waals surface area contributed by atoms with Gasteiger partial charge in [-0.3, -0.25) is 0 Å². The summed E-state index contributed by atoms with van der Waals surface area (Å²) >= 11 is 1.88. The molecule has 0 aliphatic rings. The molecule has 116 heavy (non-hydrogen) atoms. The highest BCUT2D eigenvalue weighted by molar-refractivity contribution is 7.25. The van der Waals surface area contributed by atoms with Crippen molar-refractivity contribution >= 4 is 130 Å². The second-order valence-electron chi connectivity index (χ2n) is 30.8. The van der Waals surface area contributed by atoms with E-state index in [4.69, 9.17) is 23.4 Å². The number of aryl methyl sites for hydroxylation is 16. The summed E-state index contributed by atoms with van der Waals surface area (Å²) in [5, 5.41) is 14.7. The Morgan fingerprint density at radius 3 is 0.862 bits per heavy atom. The number of hydrogen-bond acceptors (Lipinski definition) is 6. The minimum Gasteiger partial charge on any atom is -0.497 e. The summed E-state index contributed by atoms with van der Waals surface area (Å²) in [5.74, 6) is 3.33. The summed E-state index contributed by atoms with van der Waals surface area (Å²) in [6.07, 6.45) is 2.17. The molecule has 6 aromatic heterocycles. The number of fused-ring (bicyclic) bond motifs is 16. The van der Waals surface area contributed by atoms with Crippen LogP contribution < -0.4 is 18.9 Å². The molecular formula is C106H106N4O5S. The van der Waals surface area contributed by atoms with Gasteiger partial charge in [-0.25, -0.2) is 0 Å². The minimum absolute atomic E-state index is 0.819. The van der Waals surface area contributed by atoms with Gasteiger partial charge in [0.25, 0.3) is 0 Å². The number of ether oxygens (including phenoxy) is 4. The van der Waals surface area contributed by atoms with E-state index in [1.165, 1.54) is 185 Å². The maximum absolute atomic E-state index is 5.76. The average molecular weight is 1550 g/mol. The van der Waals surface area contributed by atoms with Crippen LogP contribution in [0.15, 0.2) is 284 Å². The van der Waals surface area contributed by atoms with Crippen molar-refractivity contribution in [3.8, 4) is 28.7 Å². The van der Waals surface area contributed by atoms with Crippen molar-refractivity contribution in [3.05, 3.63) is 352 Å². The predicted octanol–water partition coefficient (Wildman–Crippen LogP) is 28.7. The number of furan rings is 1. The summed E-state index contributed by atoms with van der Waals surface area (Å²) < 4.78 is 37.5. The number of thiophene rings is 1. The molecule has 0 aliphatic heterocycles. The van der Waals surface area contributed by atoms with Gasteiger partial charge in [-0.1, -0.05) is 152 Å². The summed E-state index contributed by atoms with van der Waals surface area (Å²) in [6.45, 7) is 27.8. The molecule has 0 fully saturated rings. The lowest BCUT2D eigenvalue weighted by molar-refractivity contribution is 0.394. The molecule has 0 N–H and O–H groups in total. The fourth-order valence-electron chi connectivity index (χ4n) is 15.3. The Kier molecular flexibility index (Phi) is 25.0. The van der Waals surface area contributed by atoms with E-state index in [1.54, 1.807) is 28.4 Å². The zero-order chi connectivity index (χ0) is 82.2. The molecule has 0 spiro atoms. The summed E-state index contributed by atoms with van der Waals surface area (Å²) in [4.78, 5) is 0. The Hall–Kier alpha value is -12.8. The number of methoxy groups -OCH3 is 4. The smallest absolute Gasteiger partial charge is 0.135 e. The van der Waals surface area contributed by atoms with E-state index < -0.39 is 0 Å². The highest BCUT2D eigenvalue weighted by Crippen LogP contribution is 2.38. The van der Waals surface area contributed by atoms with Gasteiger partial charge in [-0.05, 0) is 278 Å². The molecule has 20 rings (SSSR count). The van der Waals surface area contributed by atoms with Crippen LogP contribution in [0.25, 0.3) is 124 Å². The van der Waals surface area contributed by atoms with Gasteiger partial charge < -0.3 is 41.6 Å². The van der Waals surface area contributed by atoms with E-state index in [2.05, 4.69) is 348 Å². The van der Waals surface area contributed by atoms with Crippen molar-refractivity contribution in [3.63, 3.8) is 0 Å². The quantitative estimate of drug-likeness (QED) is 0.172. The third-order valence-corrected chi connectivity index (χ3v) is 22.6. The number of aromatic nitrogens is 4. The molecule has 0 atom stereocenters. The second-order valence-corrected chi connectivity index (χ2v) is 31.9. The van der Waals surface area contributed by atoms with Gasteiger partial charge in [-0.2, -0.15) is 0 Å². The fourth-order valence-corrected chi connectivity index (χ4v) is 16.3. The SMILES string of the molecule is COc1ccc(OC)cc1.COc1cccc(OC)c1.Cc1ccc(-n2c3ccc(C)cc3c3cc(C)ccc32)cc1.Cc1ccc2c(c1)c(C)cn2C.Cc1ccc2c(c1)c1cc(C)ccc1n2C.Cc1ccc2c(c1)c1cc(C)ccc1n2C.Cc1ccc2oc3ccc(C)cc3c2c1.Cc1ccc2sc3ccc(C)cc3c2c1. The molecular weight excluding hydrogens is 1440 g/mol. The molecule has 0 saturated carbocycles. The largest absolute Gasteiger partial charge is 0.497 e. The van der Waals surface area contributed by atoms with Crippen LogP contribution in [0.4, 0.5) is 0 Å². The summed E-state index contributed by atoms with van der Waals surface area (Å²) in [6, 6.07) is 96.3. The molecule has 10 heteroatoms. The molecule has 0 unspecified atom stereocenters. The van der Waals surface area contributed by atoms with Gasteiger partial charge in [-0.15, -0.1) is 11.3 Å². The zero-order valence-electron chi connectivity index (χ0n) is 70.8. The van der Waals surface area contributed by atoms with Gasteiger partial charge in [0, 0.05) is 135 Å². The highest BCUT2D eigenvalue weighted by Gasteiger charge is 2.15. The molecule has 586 valence electrons. The van der Waals surface area contributed by atoms with Crippen molar-refractivity contribution in [2.24, 2.45) is 21.1 Å². The van der Waals surface area contributed by atoms with Crippen LogP contribution in [0.5, 0.6) is 23.0 Å². The first-order chi connectivity index (χ1) is 55.8. The fraction of sp³-hybridized carbons (Fsp3) is 0.189. The van der Waals surface area contributed by atoms with Gasteiger partial charge >= 0.3 is 0 Å². The lowest BCUT2D eigenvalue weighted by atomic mass is 10.1. The number of hydrogen-bond donors (Lipinski definition) is 0. The van der Waals surface area contributed by atoms with Crippen LogP contribution in [-0.4, -0.2) is 46.7 Å². The van der Waals surface area contributed by atoms with Crippen LogP contribution in [0, 0.1) is 90.0 Å². The van der Waals surface area contributed by atoms with E-state index >= 15 is 0 Å². The molecule has 0 aliphatic carbocycles. The van der Waals surface area contributed by atoms with Crippen LogP contribution >= 0.6 is 11.3 Å². The van der Waals surface area contributed by atoms with E-state index in [0.29, 0.717) is 0 Å². The molecule has 9 nitrogen and oxygen atoms in total. The first kappa shape index (κ1) is 81.3. The van der Waals surface area contributed by atoms with Crippen molar-refractivity contribution in [1.82, 2.24) is 18.3 Å².